The van der Waals surface area contributed by atoms with Crippen LogP contribution in [-0.4, -0.2) is 72.9 Å². The molecule has 4 atom stereocenters. The van der Waals surface area contributed by atoms with E-state index in [0.717, 1.165) is 19.3 Å². The number of ketones is 1. The second-order valence-corrected chi connectivity index (χ2v) is 6.76. The molecule has 0 saturated carbocycles. The predicted octanol–water partition coefficient (Wildman–Crippen LogP) is 0.367. The Kier molecular flexibility index (Phi) is 12.6. The molecule has 6 N–H and O–H groups in total. The summed E-state index contributed by atoms with van der Waals surface area (Å²) in [5, 5.41) is 56.8. The fourth-order valence-corrected chi connectivity index (χ4v) is 2.76. The quantitative estimate of drug-likeness (QED) is 0.166. The minimum absolute atomic E-state index is 0.266. The minimum Gasteiger partial charge on any atom is -0.479 e. The van der Waals surface area contributed by atoms with E-state index in [0.29, 0.717) is 12.8 Å². The number of Topliss-reactive ketones (excluding diaryl/α,β-unsaturated/α-hetero) is 1. The second kappa shape index (κ2) is 13.2. The minimum atomic E-state index is -3.23. The normalized spacial score (nSPS) is 17.3. The summed E-state index contributed by atoms with van der Waals surface area (Å²) in [5.74, 6) is -3.14. The van der Waals surface area contributed by atoms with Gasteiger partial charge < -0.3 is 30.6 Å². The Balaban J connectivity index is 4.41. The molecule has 0 fully saturated rings. The van der Waals surface area contributed by atoms with Gasteiger partial charge in [-0.15, -0.1) is 0 Å². The van der Waals surface area contributed by atoms with Crippen LogP contribution in [0.15, 0.2) is 0 Å². The van der Waals surface area contributed by atoms with Crippen molar-refractivity contribution in [1.29, 1.82) is 0 Å². The van der Waals surface area contributed by atoms with Gasteiger partial charge in [0.05, 0.1) is 6.61 Å². The number of aliphatic carboxylic acids is 1. The first-order valence-corrected chi connectivity index (χ1v) is 9.37. The molecule has 0 aliphatic carbocycles. The highest BCUT2D eigenvalue weighted by Gasteiger charge is 2.53. The van der Waals surface area contributed by atoms with Gasteiger partial charge in [0.2, 0.25) is 5.60 Å². The van der Waals surface area contributed by atoms with Crippen molar-refractivity contribution in [2.24, 2.45) is 0 Å². The van der Waals surface area contributed by atoms with Crippen LogP contribution in [0.1, 0.15) is 71.1 Å². The van der Waals surface area contributed by atoms with Gasteiger partial charge >= 0.3 is 5.97 Å². The van der Waals surface area contributed by atoms with Crippen LogP contribution in [0, 0.1) is 0 Å². The molecule has 0 saturated heterocycles. The highest BCUT2D eigenvalue weighted by Crippen LogP contribution is 2.21. The predicted molar refractivity (Wildman–Crippen MR) is 94.5 cm³/mol. The van der Waals surface area contributed by atoms with Gasteiger partial charge in [0.1, 0.15) is 18.3 Å². The maximum atomic E-state index is 12.1. The van der Waals surface area contributed by atoms with Crippen LogP contribution in [0.3, 0.4) is 0 Å². The van der Waals surface area contributed by atoms with Crippen molar-refractivity contribution in [3.05, 3.63) is 0 Å². The van der Waals surface area contributed by atoms with Crippen molar-refractivity contribution in [3.63, 3.8) is 0 Å². The van der Waals surface area contributed by atoms with E-state index in [1.165, 1.54) is 25.7 Å². The Bertz CT molecular complexity index is 414. The molecule has 0 heterocycles. The first-order valence-electron chi connectivity index (χ1n) is 9.37. The fraction of sp³-hybridized carbons (Fsp3) is 0.889. The number of carbonyl (C=O) groups excluding carboxylic acids is 1. The van der Waals surface area contributed by atoms with Crippen LogP contribution in [0.4, 0.5) is 0 Å². The van der Waals surface area contributed by atoms with Crippen LogP contribution >= 0.6 is 0 Å². The average molecular weight is 378 g/mol. The highest BCUT2D eigenvalue weighted by atomic mass is 16.4. The van der Waals surface area contributed by atoms with E-state index >= 15 is 0 Å². The van der Waals surface area contributed by atoms with Crippen LogP contribution in [0.2, 0.25) is 0 Å². The SMILES string of the molecule is CCCCCCCCCCCC(=O)[C@](O)(C(=O)O)[C@@H](O)[C@H](O)[C@H](O)CO. The van der Waals surface area contributed by atoms with Crippen molar-refractivity contribution in [3.8, 4) is 0 Å². The standard InChI is InChI=1S/C18H34O8/c1-2-3-4-5-6-7-8-9-10-11-14(21)18(26,17(24)25)16(23)15(22)13(20)12-19/h13,15-16,19-20,22-23,26H,2-12H2,1H3,(H,24,25)/t13-,15-,16+,18-/m1/s1. The summed E-state index contributed by atoms with van der Waals surface area (Å²) in [6.45, 7) is 1.19. The van der Waals surface area contributed by atoms with E-state index in [1.807, 2.05) is 0 Å². The molecule has 0 aromatic carbocycles. The van der Waals surface area contributed by atoms with E-state index in [9.17, 15) is 30.0 Å². The number of carboxylic acid groups (broad SMARTS) is 1. The molecule has 8 heteroatoms. The van der Waals surface area contributed by atoms with Gasteiger partial charge in [-0.25, -0.2) is 4.79 Å². The molecule has 0 spiro atoms. The Labute approximate surface area is 154 Å². The molecule has 0 amide bonds. The molecular weight excluding hydrogens is 344 g/mol. The van der Waals surface area contributed by atoms with Crippen molar-refractivity contribution < 1.29 is 40.2 Å². The molecule has 0 bridgehead atoms. The van der Waals surface area contributed by atoms with E-state index in [2.05, 4.69) is 6.92 Å². The van der Waals surface area contributed by atoms with E-state index < -0.39 is 42.3 Å². The molecule has 0 aliphatic heterocycles. The van der Waals surface area contributed by atoms with E-state index in [-0.39, 0.29) is 6.42 Å². The number of aliphatic hydroxyl groups is 5. The van der Waals surface area contributed by atoms with Crippen molar-refractivity contribution in [1.82, 2.24) is 0 Å². The van der Waals surface area contributed by atoms with Crippen LogP contribution in [0.25, 0.3) is 0 Å². The number of carbonyl (C=O) groups is 2. The highest BCUT2D eigenvalue weighted by molar-refractivity contribution is 6.07. The van der Waals surface area contributed by atoms with Crippen molar-refractivity contribution in [2.75, 3.05) is 6.61 Å². The largest absolute Gasteiger partial charge is 0.479 e. The Hall–Kier alpha value is -1.06. The third-order valence-electron chi connectivity index (χ3n) is 4.59. The summed E-state index contributed by atoms with van der Waals surface area (Å²) in [6.07, 6.45) is 2.08. The lowest BCUT2D eigenvalue weighted by atomic mass is 9.84. The molecule has 0 aromatic rings. The number of hydrogen-bond donors (Lipinski definition) is 6. The summed E-state index contributed by atoms with van der Waals surface area (Å²) in [6, 6.07) is 0. The maximum Gasteiger partial charge on any atom is 0.346 e. The Morgan fingerprint density at radius 3 is 1.77 bits per heavy atom. The van der Waals surface area contributed by atoms with Crippen molar-refractivity contribution in [2.45, 2.75) is 95.0 Å². The zero-order valence-electron chi connectivity index (χ0n) is 15.5. The molecular formula is C18H34O8. The van der Waals surface area contributed by atoms with Crippen molar-refractivity contribution >= 4 is 11.8 Å². The smallest absolute Gasteiger partial charge is 0.346 e. The number of unbranched alkanes of at least 4 members (excludes halogenated alkanes) is 8. The van der Waals surface area contributed by atoms with Gasteiger partial charge in [0.15, 0.2) is 5.78 Å². The number of rotatable bonds is 16. The second-order valence-electron chi connectivity index (χ2n) is 6.76. The third-order valence-corrected chi connectivity index (χ3v) is 4.59. The van der Waals surface area contributed by atoms with Gasteiger partial charge in [-0.1, -0.05) is 58.3 Å². The summed E-state index contributed by atoms with van der Waals surface area (Å²) < 4.78 is 0. The molecule has 8 nitrogen and oxygen atoms in total. The molecule has 0 radical (unpaired) electrons. The van der Waals surface area contributed by atoms with Gasteiger partial charge in [0.25, 0.3) is 0 Å². The topological polar surface area (TPSA) is 156 Å². The monoisotopic (exact) mass is 378 g/mol. The zero-order valence-corrected chi connectivity index (χ0v) is 15.5. The number of hydrogen-bond acceptors (Lipinski definition) is 7. The summed E-state index contributed by atoms with van der Waals surface area (Å²) in [4.78, 5) is 23.4. The summed E-state index contributed by atoms with van der Waals surface area (Å²) >= 11 is 0. The first kappa shape index (κ1) is 24.9. The van der Waals surface area contributed by atoms with Gasteiger partial charge in [-0.3, -0.25) is 4.79 Å². The van der Waals surface area contributed by atoms with Gasteiger partial charge in [-0.05, 0) is 6.42 Å². The molecule has 0 aromatic heterocycles. The zero-order chi connectivity index (χ0) is 20.2. The Morgan fingerprint density at radius 1 is 0.885 bits per heavy atom. The lowest BCUT2D eigenvalue weighted by Crippen LogP contribution is -2.62. The van der Waals surface area contributed by atoms with E-state index in [4.69, 9.17) is 10.2 Å². The fourth-order valence-electron chi connectivity index (χ4n) is 2.76. The average Bonchev–Trinajstić information content (AvgIpc) is 2.63. The van der Waals surface area contributed by atoms with Crippen LogP contribution in [-0.2, 0) is 9.59 Å². The molecule has 0 rings (SSSR count). The lowest BCUT2D eigenvalue weighted by Gasteiger charge is -2.32. The van der Waals surface area contributed by atoms with E-state index in [1.54, 1.807) is 0 Å². The Morgan fingerprint density at radius 2 is 1.35 bits per heavy atom. The summed E-state index contributed by atoms with van der Waals surface area (Å²) in [7, 11) is 0. The first-order chi connectivity index (χ1) is 12.2. The third kappa shape index (κ3) is 7.67. The van der Waals surface area contributed by atoms with Crippen LogP contribution < -0.4 is 0 Å². The molecule has 154 valence electrons. The number of aliphatic hydroxyl groups excluding tert-OH is 4. The van der Waals surface area contributed by atoms with Gasteiger partial charge in [-0.2, -0.15) is 0 Å². The molecule has 26 heavy (non-hydrogen) atoms. The lowest BCUT2D eigenvalue weighted by molar-refractivity contribution is -0.193. The van der Waals surface area contributed by atoms with Gasteiger partial charge in [0, 0.05) is 6.42 Å². The number of carboxylic acids is 1. The maximum absolute atomic E-state index is 12.1. The van der Waals surface area contributed by atoms with Crippen LogP contribution in [0.5, 0.6) is 0 Å². The molecule has 0 unspecified atom stereocenters. The molecule has 0 aliphatic rings. The summed E-state index contributed by atoms with van der Waals surface area (Å²) in [5.41, 5.74) is -3.23.